The van der Waals surface area contributed by atoms with Crippen molar-refractivity contribution in [2.45, 2.75) is 20.0 Å². The maximum atomic E-state index is 13.4. The molecule has 0 aliphatic rings. The van der Waals surface area contributed by atoms with Crippen molar-refractivity contribution in [1.82, 2.24) is 0 Å². The standard InChI is InChI=1S/C23H19F2NO3/c1-14-8-9-15(2)20(10-14)26-22(27)21(16-6-4-3-5-7-16)29-23(28)17-11-18(24)13-19(25)12-17/h3-13,21H,1-2H3,(H,26,27). The first kappa shape index (κ1) is 20.2. The summed E-state index contributed by atoms with van der Waals surface area (Å²) in [5.41, 5.74) is 2.50. The highest BCUT2D eigenvalue weighted by Crippen LogP contribution is 2.24. The van der Waals surface area contributed by atoms with Crippen molar-refractivity contribution in [2.75, 3.05) is 5.32 Å². The van der Waals surface area contributed by atoms with Crippen LogP contribution in [0.4, 0.5) is 14.5 Å². The maximum Gasteiger partial charge on any atom is 0.339 e. The number of rotatable bonds is 5. The third-order valence-corrected chi connectivity index (χ3v) is 4.31. The quantitative estimate of drug-likeness (QED) is 0.610. The van der Waals surface area contributed by atoms with Crippen LogP contribution in [0.15, 0.2) is 66.7 Å². The Morgan fingerprint density at radius 2 is 1.55 bits per heavy atom. The van der Waals surface area contributed by atoms with E-state index in [1.54, 1.807) is 36.4 Å². The second kappa shape index (κ2) is 8.65. The number of carbonyl (C=O) groups is 2. The minimum absolute atomic E-state index is 0.317. The molecule has 0 bridgehead atoms. The van der Waals surface area contributed by atoms with E-state index in [1.807, 2.05) is 26.0 Å². The van der Waals surface area contributed by atoms with E-state index in [9.17, 15) is 18.4 Å². The van der Waals surface area contributed by atoms with Gasteiger partial charge in [0, 0.05) is 17.3 Å². The largest absolute Gasteiger partial charge is 0.444 e. The molecule has 0 aromatic heterocycles. The predicted molar refractivity (Wildman–Crippen MR) is 106 cm³/mol. The molecule has 0 radical (unpaired) electrons. The van der Waals surface area contributed by atoms with Crippen LogP contribution in [0, 0.1) is 25.5 Å². The SMILES string of the molecule is Cc1ccc(C)c(NC(=O)C(OC(=O)c2cc(F)cc(F)c2)c2ccccc2)c1. The van der Waals surface area contributed by atoms with Crippen molar-refractivity contribution in [2.24, 2.45) is 0 Å². The zero-order chi connectivity index (χ0) is 21.0. The normalized spacial score (nSPS) is 11.6. The first-order valence-corrected chi connectivity index (χ1v) is 8.93. The smallest absolute Gasteiger partial charge is 0.339 e. The third-order valence-electron chi connectivity index (χ3n) is 4.31. The molecule has 0 aliphatic carbocycles. The Kier molecular flexibility index (Phi) is 6.02. The average Bonchev–Trinajstić information content (AvgIpc) is 2.68. The van der Waals surface area contributed by atoms with E-state index in [0.29, 0.717) is 17.3 Å². The summed E-state index contributed by atoms with van der Waals surface area (Å²) >= 11 is 0. The van der Waals surface area contributed by atoms with Crippen LogP contribution in [-0.4, -0.2) is 11.9 Å². The Hall–Kier alpha value is -3.54. The van der Waals surface area contributed by atoms with Gasteiger partial charge in [-0.05, 0) is 43.2 Å². The van der Waals surface area contributed by atoms with Gasteiger partial charge in [-0.1, -0.05) is 42.5 Å². The van der Waals surface area contributed by atoms with E-state index >= 15 is 0 Å². The summed E-state index contributed by atoms with van der Waals surface area (Å²) in [5.74, 6) is -3.40. The van der Waals surface area contributed by atoms with Gasteiger partial charge in [0.25, 0.3) is 5.91 Å². The summed E-state index contributed by atoms with van der Waals surface area (Å²) in [5, 5.41) is 2.76. The van der Waals surface area contributed by atoms with Gasteiger partial charge >= 0.3 is 5.97 Å². The molecule has 0 saturated carbocycles. The number of carbonyl (C=O) groups excluding carboxylic acids is 2. The predicted octanol–water partition coefficient (Wildman–Crippen LogP) is 5.12. The molecule has 6 heteroatoms. The number of aryl methyl sites for hydroxylation is 2. The fraction of sp³-hybridized carbons (Fsp3) is 0.130. The number of hydrogen-bond acceptors (Lipinski definition) is 3. The van der Waals surface area contributed by atoms with Crippen LogP contribution in [0.1, 0.15) is 33.2 Å². The Balaban J connectivity index is 1.89. The highest BCUT2D eigenvalue weighted by molar-refractivity contribution is 5.98. The van der Waals surface area contributed by atoms with Crippen LogP contribution in [-0.2, 0) is 9.53 Å². The van der Waals surface area contributed by atoms with E-state index < -0.39 is 29.6 Å². The Morgan fingerprint density at radius 3 is 2.21 bits per heavy atom. The van der Waals surface area contributed by atoms with Gasteiger partial charge in [-0.2, -0.15) is 0 Å². The summed E-state index contributed by atoms with van der Waals surface area (Å²) in [6.07, 6.45) is -1.30. The van der Waals surface area contributed by atoms with Crippen LogP contribution in [0.3, 0.4) is 0 Å². The molecule has 0 fully saturated rings. The van der Waals surface area contributed by atoms with E-state index in [4.69, 9.17) is 4.74 Å². The molecule has 0 spiro atoms. The molecule has 0 heterocycles. The first-order valence-electron chi connectivity index (χ1n) is 8.93. The molecule has 1 amide bonds. The average molecular weight is 395 g/mol. The second-order valence-corrected chi connectivity index (χ2v) is 6.66. The molecule has 3 aromatic rings. The topological polar surface area (TPSA) is 55.4 Å². The molecule has 1 atom stereocenters. The first-order chi connectivity index (χ1) is 13.8. The zero-order valence-corrected chi connectivity index (χ0v) is 15.9. The second-order valence-electron chi connectivity index (χ2n) is 6.66. The number of amides is 1. The van der Waals surface area contributed by atoms with Gasteiger partial charge in [0.1, 0.15) is 11.6 Å². The maximum absolute atomic E-state index is 13.4. The molecular weight excluding hydrogens is 376 g/mol. The summed E-state index contributed by atoms with van der Waals surface area (Å²) in [6.45, 7) is 3.73. The van der Waals surface area contributed by atoms with Gasteiger partial charge < -0.3 is 10.1 Å². The number of esters is 1. The van der Waals surface area contributed by atoms with Crippen LogP contribution >= 0.6 is 0 Å². The van der Waals surface area contributed by atoms with Crippen molar-refractivity contribution in [3.8, 4) is 0 Å². The number of benzene rings is 3. The van der Waals surface area contributed by atoms with Gasteiger partial charge in [0.05, 0.1) is 5.56 Å². The van der Waals surface area contributed by atoms with Gasteiger partial charge in [0.15, 0.2) is 0 Å². The van der Waals surface area contributed by atoms with Gasteiger partial charge in [0.2, 0.25) is 6.10 Å². The highest BCUT2D eigenvalue weighted by Gasteiger charge is 2.26. The molecular formula is C23H19F2NO3. The molecule has 0 saturated heterocycles. The molecule has 1 unspecified atom stereocenters. The number of halogens is 2. The zero-order valence-electron chi connectivity index (χ0n) is 15.9. The fourth-order valence-electron chi connectivity index (χ4n) is 2.82. The lowest BCUT2D eigenvalue weighted by atomic mass is 10.1. The molecule has 3 rings (SSSR count). The lowest BCUT2D eigenvalue weighted by Crippen LogP contribution is -2.26. The lowest BCUT2D eigenvalue weighted by molar-refractivity contribution is -0.125. The Labute approximate surface area is 167 Å². The van der Waals surface area contributed by atoms with Crippen LogP contribution < -0.4 is 5.32 Å². The van der Waals surface area contributed by atoms with Crippen molar-refractivity contribution >= 4 is 17.6 Å². The van der Waals surface area contributed by atoms with E-state index in [0.717, 1.165) is 23.3 Å². The molecule has 4 nitrogen and oxygen atoms in total. The molecule has 3 aromatic carbocycles. The molecule has 148 valence electrons. The number of anilines is 1. The molecule has 29 heavy (non-hydrogen) atoms. The summed E-state index contributed by atoms with van der Waals surface area (Å²) in [7, 11) is 0. The number of hydrogen-bond donors (Lipinski definition) is 1. The van der Waals surface area contributed by atoms with E-state index in [1.165, 1.54) is 0 Å². The third kappa shape index (κ3) is 5.04. The number of ether oxygens (including phenoxy) is 1. The minimum atomic E-state index is -1.30. The molecule has 0 aliphatic heterocycles. The highest BCUT2D eigenvalue weighted by atomic mass is 19.1. The lowest BCUT2D eigenvalue weighted by Gasteiger charge is -2.19. The van der Waals surface area contributed by atoms with Crippen LogP contribution in [0.25, 0.3) is 0 Å². The summed E-state index contributed by atoms with van der Waals surface area (Å²) < 4.78 is 32.3. The Morgan fingerprint density at radius 1 is 0.897 bits per heavy atom. The van der Waals surface area contributed by atoms with Crippen molar-refractivity contribution in [1.29, 1.82) is 0 Å². The van der Waals surface area contributed by atoms with Gasteiger partial charge in [-0.25, -0.2) is 13.6 Å². The van der Waals surface area contributed by atoms with Crippen molar-refractivity contribution in [3.05, 3.63) is 101 Å². The number of nitrogens with one attached hydrogen (secondary N) is 1. The van der Waals surface area contributed by atoms with Crippen molar-refractivity contribution < 1.29 is 23.1 Å². The monoisotopic (exact) mass is 395 g/mol. The van der Waals surface area contributed by atoms with Crippen LogP contribution in [0.5, 0.6) is 0 Å². The van der Waals surface area contributed by atoms with Gasteiger partial charge in [-0.15, -0.1) is 0 Å². The minimum Gasteiger partial charge on any atom is -0.444 e. The summed E-state index contributed by atoms with van der Waals surface area (Å²) in [4.78, 5) is 25.4. The molecule has 1 N–H and O–H groups in total. The van der Waals surface area contributed by atoms with Crippen molar-refractivity contribution in [3.63, 3.8) is 0 Å². The fourth-order valence-corrected chi connectivity index (χ4v) is 2.82. The van der Waals surface area contributed by atoms with Gasteiger partial charge in [-0.3, -0.25) is 4.79 Å². The Bertz CT molecular complexity index is 1030. The summed E-state index contributed by atoms with van der Waals surface area (Å²) in [6, 6.07) is 16.4. The van der Waals surface area contributed by atoms with Crippen LogP contribution in [0.2, 0.25) is 0 Å². The van der Waals surface area contributed by atoms with E-state index in [-0.39, 0.29) is 5.56 Å². The van der Waals surface area contributed by atoms with E-state index in [2.05, 4.69) is 5.32 Å².